The lowest BCUT2D eigenvalue weighted by atomic mass is 10.1. The molecule has 0 amide bonds. The summed E-state index contributed by atoms with van der Waals surface area (Å²) in [5.41, 5.74) is 2.80. The summed E-state index contributed by atoms with van der Waals surface area (Å²) < 4.78 is 14.6. The maximum atomic E-state index is 13.1. The number of benzene rings is 1. The zero-order valence-corrected chi connectivity index (χ0v) is 15.7. The molecule has 0 fully saturated rings. The van der Waals surface area contributed by atoms with E-state index in [1.54, 1.807) is 30.5 Å². The monoisotopic (exact) mass is 415 g/mol. The van der Waals surface area contributed by atoms with E-state index in [2.05, 4.69) is 30.8 Å². The molecule has 1 aromatic carbocycles. The van der Waals surface area contributed by atoms with Crippen LogP contribution < -0.4 is 5.32 Å². The molecule has 10 heteroatoms. The van der Waals surface area contributed by atoms with E-state index >= 15 is 0 Å². The first-order valence-corrected chi connectivity index (χ1v) is 8.91. The molecule has 7 nitrogen and oxygen atoms in total. The minimum atomic E-state index is -0.545. The van der Waals surface area contributed by atoms with Crippen molar-refractivity contribution in [3.05, 3.63) is 76.4 Å². The van der Waals surface area contributed by atoms with Gasteiger partial charge in [0, 0.05) is 24.5 Å². The first-order chi connectivity index (χ1) is 13.6. The molecule has 3 aromatic heterocycles. The van der Waals surface area contributed by atoms with Crippen molar-refractivity contribution in [1.82, 2.24) is 30.2 Å². The normalized spacial score (nSPS) is 10.8. The molecule has 3 heterocycles. The zero-order chi connectivity index (χ0) is 19.5. The van der Waals surface area contributed by atoms with Gasteiger partial charge in [0.1, 0.15) is 0 Å². The van der Waals surface area contributed by atoms with Crippen molar-refractivity contribution in [2.24, 2.45) is 0 Å². The summed E-state index contributed by atoms with van der Waals surface area (Å²) in [4.78, 5) is 8.07. The highest BCUT2D eigenvalue weighted by Crippen LogP contribution is 2.29. The third kappa shape index (κ3) is 3.64. The minimum Gasteiger partial charge on any atom is -0.349 e. The Morgan fingerprint density at radius 3 is 2.75 bits per heavy atom. The van der Waals surface area contributed by atoms with E-state index in [0.29, 0.717) is 39.5 Å². The fourth-order valence-corrected chi connectivity index (χ4v) is 3.02. The Morgan fingerprint density at radius 1 is 1.04 bits per heavy atom. The summed E-state index contributed by atoms with van der Waals surface area (Å²) in [5, 5.41) is 15.6. The van der Waals surface area contributed by atoms with Gasteiger partial charge in [0.15, 0.2) is 0 Å². The van der Waals surface area contributed by atoms with Crippen molar-refractivity contribution in [3.63, 3.8) is 0 Å². The van der Waals surface area contributed by atoms with Gasteiger partial charge in [-0.05, 0) is 46.3 Å². The first kappa shape index (κ1) is 18.3. The molecule has 0 radical (unpaired) electrons. The van der Waals surface area contributed by atoms with Crippen LogP contribution in [0.2, 0.25) is 10.0 Å². The molecule has 0 atom stereocenters. The third-order valence-electron chi connectivity index (χ3n) is 3.96. The quantitative estimate of drug-likeness (QED) is 0.492. The summed E-state index contributed by atoms with van der Waals surface area (Å²) in [6, 6.07) is 11.8. The van der Waals surface area contributed by atoms with Gasteiger partial charge in [0.05, 0.1) is 21.4 Å². The summed E-state index contributed by atoms with van der Waals surface area (Å²) in [5.74, 6) is -0.159. The highest BCUT2D eigenvalue weighted by atomic mass is 35.5. The van der Waals surface area contributed by atoms with Crippen molar-refractivity contribution in [3.8, 4) is 16.9 Å². The molecule has 0 bridgehead atoms. The third-order valence-corrected chi connectivity index (χ3v) is 4.77. The highest BCUT2D eigenvalue weighted by Gasteiger charge is 2.14. The van der Waals surface area contributed by atoms with Gasteiger partial charge in [-0.3, -0.25) is 4.98 Å². The molecule has 0 aliphatic rings. The van der Waals surface area contributed by atoms with E-state index in [9.17, 15) is 4.39 Å². The highest BCUT2D eigenvalue weighted by molar-refractivity contribution is 6.43. The minimum absolute atomic E-state index is 0.346. The Balaban J connectivity index is 1.61. The Hall–Kier alpha value is -3.10. The van der Waals surface area contributed by atoms with Gasteiger partial charge in [-0.2, -0.15) is 9.07 Å². The van der Waals surface area contributed by atoms with Crippen LogP contribution in [-0.4, -0.2) is 30.2 Å². The fraction of sp³-hybridized carbons (Fsp3) is 0.0556. The molecule has 140 valence electrons. The molecule has 1 N–H and O–H groups in total. The van der Waals surface area contributed by atoms with Crippen LogP contribution in [0.5, 0.6) is 0 Å². The van der Waals surface area contributed by atoms with Gasteiger partial charge >= 0.3 is 0 Å². The molecule has 4 aromatic rings. The van der Waals surface area contributed by atoms with Crippen LogP contribution in [0.3, 0.4) is 0 Å². The maximum Gasteiger partial charge on any atom is 0.248 e. The number of anilines is 1. The van der Waals surface area contributed by atoms with Crippen LogP contribution in [-0.2, 0) is 6.54 Å². The van der Waals surface area contributed by atoms with E-state index in [-0.39, 0.29) is 0 Å². The van der Waals surface area contributed by atoms with Gasteiger partial charge in [-0.25, -0.2) is 4.98 Å². The predicted molar refractivity (Wildman–Crippen MR) is 104 cm³/mol. The van der Waals surface area contributed by atoms with E-state index in [0.717, 1.165) is 5.56 Å². The molecule has 0 saturated carbocycles. The summed E-state index contributed by atoms with van der Waals surface area (Å²) in [6.07, 6.45) is 3.11. The molecular weight excluding hydrogens is 404 g/mol. The van der Waals surface area contributed by atoms with E-state index < -0.39 is 5.95 Å². The topological polar surface area (TPSA) is 81.4 Å². The standard InChI is InChI=1S/C18H12Cl2FN7/c19-13-4-1-5-14(16(13)20)28-18(25-26-27-28)24-10-11-3-2-8-22-17(11)12-6-7-15(21)23-9-12/h1-9H,10H2,(H,24,25,27). The van der Waals surface area contributed by atoms with Gasteiger partial charge < -0.3 is 5.32 Å². The Labute approximate surface area is 169 Å². The van der Waals surface area contributed by atoms with E-state index in [1.165, 1.54) is 16.9 Å². The number of halogens is 3. The molecule has 0 aliphatic carbocycles. The lowest BCUT2D eigenvalue weighted by Crippen LogP contribution is -2.09. The van der Waals surface area contributed by atoms with Crippen molar-refractivity contribution in [1.29, 1.82) is 0 Å². The maximum absolute atomic E-state index is 13.1. The number of hydrogen-bond acceptors (Lipinski definition) is 6. The number of hydrogen-bond donors (Lipinski definition) is 1. The average Bonchev–Trinajstić information content (AvgIpc) is 3.18. The van der Waals surface area contributed by atoms with Gasteiger partial charge in [-0.1, -0.05) is 40.4 Å². The molecular formula is C18H12Cl2FN7. The van der Waals surface area contributed by atoms with Crippen LogP contribution in [0.1, 0.15) is 5.56 Å². The summed E-state index contributed by atoms with van der Waals surface area (Å²) >= 11 is 12.3. The van der Waals surface area contributed by atoms with E-state index in [4.69, 9.17) is 23.2 Å². The van der Waals surface area contributed by atoms with Crippen LogP contribution in [0, 0.1) is 5.95 Å². The summed E-state index contributed by atoms with van der Waals surface area (Å²) in [6.45, 7) is 0.374. The largest absolute Gasteiger partial charge is 0.349 e. The Bertz CT molecular complexity index is 1120. The predicted octanol–water partition coefficient (Wildman–Crippen LogP) is 4.18. The zero-order valence-electron chi connectivity index (χ0n) is 14.2. The number of nitrogens with zero attached hydrogens (tertiary/aromatic N) is 6. The fourth-order valence-electron chi connectivity index (χ4n) is 2.65. The first-order valence-electron chi connectivity index (χ1n) is 8.16. The van der Waals surface area contributed by atoms with Crippen LogP contribution >= 0.6 is 23.2 Å². The number of rotatable bonds is 5. The Morgan fingerprint density at radius 2 is 1.93 bits per heavy atom. The number of tetrazole rings is 1. The van der Waals surface area contributed by atoms with Gasteiger partial charge in [0.25, 0.3) is 0 Å². The van der Waals surface area contributed by atoms with Gasteiger partial charge in [-0.15, -0.1) is 0 Å². The van der Waals surface area contributed by atoms with Crippen molar-refractivity contribution >= 4 is 29.2 Å². The van der Waals surface area contributed by atoms with E-state index in [1.807, 2.05) is 12.1 Å². The SMILES string of the molecule is Fc1ccc(-c2ncccc2CNc2nnnn2-c2cccc(Cl)c2Cl)cn1. The molecule has 28 heavy (non-hydrogen) atoms. The lowest BCUT2D eigenvalue weighted by Gasteiger charge is -2.11. The van der Waals surface area contributed by atoms with Crippen molar-refractivity contribution in [2.75, 3.05) is 5.32 Å². The molecule has 4 rings (SSSR count). The van der Waals surface area contributed by atoms with Crippen molar-refractivity contribution in [2.45, 2.75) is 6.54 Å². The van der Waals surface area contributed by atoms with Crippen LogP contribution in [0.15, 0.2) is 54.9 Å². The molecule has 0 unspecified atom stereocenters. The van der Waals surface area contributed by atoms with Crippen molar-refractivity contribution < 1.29 is 4.39 Å². The second-order valence-corrected chi connectivity index (χ2v) is 6.51. The molecule has 0 spiro atoms. The smallest absolute Gasteiger partial charge is 0.248 e. The van der Waals surface area contributed by atoms with Crippen LogP contribution in [0.25, 0.3) is 16.9 Å². The number of pyridine rings is 2. The van der Waals surface area contributed by atoms with Gasteiger partial charge in [0.2, 0.25) is 11.9 Å². The second-order valence-electron chi connectivity index (χ2n) is 5.72. The lowest BCUT2D eigenvalue weighted by molar-refractivity contribution is 0.584. The van der Waals surface area contributed by atoms with Crippen LogP contribution in [0.4, 0.5) is 10.3 Å². The number of nitrogens with one attached hydrogen (secondary N) is 1. The second kappa shape index (κ2) is 7.87. The Kier molecular flexibility index (Phi) is 5.14. The molecule has 0 saturated heterocycles. The molecule has 0 aliphatic heterocycles. The summed E-state index contributed by atoms with van der Waals surface area (Å²) in [7, 11) is 0. The number of aromatic nitrogens is 6. The average molecular weight is 416 g/mol.